The van der Waals surface area contributed by atoms with Gasteiger partial charge in [0.25, 0.3) is 0 Å². The van der Waals surface area contributed by atoms with Gasteiger partial charge in [-0.15, -0.1) is 0 Å². The Hall–Kier alpha value is -5.35. The predicted molar refractivity (Wildman–Crippen MR) is 462 cm³/mol. The lowest BCUT2D eigenvalue weighted by Crippen LogP contribution is -2.44. The summed E-state index contributed by atoms with van der Waals surface area (Å²) >= 11 is 0. The van der Waals surface area contributed by atoms with E-state index in [4.69, 9.17) is 18.9 Å². The van der Waals surface area contributed by atoms with Crippen LogP contribution >= 0.6 is 0 Å². The van der Waals surface area contributed by atoms with Gasteiger partial charge >= 0.3 is 11.9 Å². The summed E-state index contributed by atoms with van der Waals surface area (Å²) in [5.74, 6) is -2.27. The number of aliphatic carboxylic acids is 1. The van der Waals surface area contributed by atoms with E-state index in [2.05, 4.69) is 184 Å². The van der Waals surface area contributed by atoms with E-state index in [0.717, 1.165) is 128 Å². The van der Waals surface area contributed by atoms with Crippen LogP contribution in [-0.2, 0) is 33.3 Å². The number of quaternary nitrogens is 1. The average Bonchev–Trinajstić information content (AvgIpc) is 0.965. The molecular weight excluding hydrogens is 1320 g/mol. The van der Waals surface area contributed by atoms with Crippen LogP contribution in [0, 0.1) is 0 Å². The molecule has 0 aliphatic rings. The molecular formula is C98H165NO8. The monoisotopic (exact) mass is 1480 g/mol. The number of rotatable bonds is 81. The fourth-order valence-electron chi connectivity index (χ4n) is 12.3. The number of hydrogen-bond acceptors (Lipinski definition) is 8. The number of esters is 2. The molecule has 107 heavy (non-hydrogen) atoms. The van der Waals surface area contributed by atoms with Crippen molar-refractivity contribution in [2.75, 3.05) is 47.5 Å². The maximum Gasteiger partial charge on any atom is 0.306 e. The van der Waals surface area contributed by atoms with Crippen molar-refractivity contribution >= 4 is 17.9 Å². The van der Waals surface area contributed by atoms with E-state index in [9.17, 15) is 19.5 Å². The zero-order valence-corrected chi connectivity index (χ0v) is 70.0. The number of ether oxygens (including phenoxy) is 4. The fraction of sp³-hybridized carbons (Fsp3) is 0.684. The van der Waals surface area contributed by atoms with E-state index in [1.54, 1.807) is 0 Å². The Morgan fingerprint density at radius 2 is 0.505 bits per heavy atom. The molecule has 0 aromatic rings. The van der Waals surface area contributed by atoms with E-state index in [0.29, 0.717) is 17.4 Å². The number of allylic oxidation sites excluding steroid dienone is 28. The lowest BCUT2D eigenvalue weighted by Gasteiger charge is -2.26. The Balaban J connectivity index is 3.99. The Morgan fingerprint density at radius 3 is 0.748 bits per heavy atom. The molecule has 0 spiro atoms. The van der Waals surface area contributed by atoms with E-state index in [1.165, 1.54) is 212 Å². The number of unbranched alkanes of at least 4 members (excludes halogenated alkanes) is 38. The molecule has 0 bridgehead atoms. The molecule has 0 aliphatic carbocycles. The molecule has 0 saturated heterocycles. The highest BCUT2D eigenvalue weighted by Gasteiger charge is 2.22. The minimum atomic E-state index is -1.63. The maximum atomic E-state index is 13.0. The van der Waals surface area contributed by atoms with Crippen molar-refractivity contribution in [3.63, 3.8) is 0 Å². The molecule has 0 aromatic heterocycles. The van der Waals surface area contributed by atoms with Crippen LogP contribution < -0.4 is 5.11 Å². The number of likely N-dealkylation sites (N-methyl/N-ethyl adjacent to an activating group) is 1. The van der Waals surface area contributed by atoms with Crippen LogP contribution in [0.15, 0.2) is 170 Å². The summed E-state index contributed by atoms with van der Waals surface area (Å²) in [5.41, 5.74) is 0. The highest BCUT2D eigenvalue weighted by atomic mass is 16.7. The molecule has 0 amide bonds. The minimum Gasteiger partial charge on any atom is -0.545 e. The van der Waals surface area contributed by atoms with Gasteiger partial charge in [0.05, 0.1) is 40.3 Å². The zero-order chi connectivity index (χ0) is 77.4. The smallest absolute Gasteiger partial charge is 0.306 e. The topological polar surface area (TPSA) is 111 Å². The van der Waals surface area contributed by atoms with Gasteiger partial charge in [-0.05, 0) is 128 Å². The van der Waals surface area contributed by atoms with Crippen LogP contribution in [0.25, 0.3) is 0 Å². The summed E-state index contributed by atoms with van der Waals surface area (Å²) in [5, 5.41) is 11.9. The number of carbonyl (C=O) groups excluding carboxylic acids is 3. The number of nitrogens with zero attached hydrogens (tertiary/aromatic N) is 1. The third-order valence-corrected chi connectivity index (χ3v) is 19.0. The second-order valence-corrected chi connectivity index (χ2v) is 30.4. The van der Waals surface area contributed by atoms with Crippen LogP contribution in [0.2, 0.25) is 0 Å². The third kappa shape index (κ3) is 87.8. The minimum absolute atomic E-state index is 0.143. The van der Waals surface area contributed by atoms with Gasteiger partial charge in [0, 0.05) is 12.8 Å². The van der Waals surface area contributed by atoms with Crippen molar-refractivity contribution < 1.29 is 42.9 Å². The first-order valence-electron chi connectivity index (χ1n) is 44.3. The van der Waals surface area contributed by atoms with Gasteiger partial charge in [0.2, 0.25) is 0 Å². The number of hydrogen-bond donors (Lipinski definition) is 0. The highest BCUT2D eigenvalue weighted by molar-refractivity contribution is 5.70. The number of carboxylic acid groups (broad SMARTS) is 1. The molecule has 0 saturated carbocycles. The van der Waals surface area contributed by atoms with Gasteiger partial charge in [-0.25, -0.2) is 0 Å². The van der Waals surface area contributed by atoms with Crippen molar-refractivity contribution in [1.82, 2.24) is 0 Å². The molecule has 2 atom stereocenters. The largest absolute Gasteiger partial charge is 0.545 e. The van der Waals surface area contributed by atoms with Crippen LogP contribution in [0.5, 0.6) is 0 Å². The summed E-state index contributed by atoms with van der Waals surface area (Å²) in [4.78, 5) is 37.7. The Labute approximate surface area is 660 Å². The van der Waals surface area contributed by atoms with Gasteiger partial charge in [0.1, 0.15) is 13.2 Å². The first-order chi connectivity index (χ1) is 52.6. The van der Waals surface area contributed by atoms with Crippen molar-refractivity contribution in [3.05, 3.63) is 170 Å². The van der Waals surface area contributed by atoms with Gasteiger partial charge < -0.3 is 33.3 Å². The van der Waals surface area contributed by atoms with Gasteiger partial charge in [-0.1, -0.05) is 402 Å². The second-order valence-electron chi connectivity index (χ2n) is 30.4. The highest BCUT2D eigenvalue weighted by Crippen LogP contribution is 2.19. The summed E-state index contributed by atoms with van der Waals surface area (Å²) in [6, 6.07) is 0. The van der Waals surface area contributed by atoms with E-state index < -0.39 is 24.3 Å². The van der Waals surface area contributed by atoms with E-state index >= 15 is 0 Å². The normalized spacial score (nSPS) is 13.5. The molecule has 9 heteroatoms. The van der Waals surface area contributed by atoms with Crippen molar-refractivity contribution in [2.45, 2.75) is 386 Å². The average molecular weight is 1490 g/mol. The Kier molecular flexibility index (Phi) is 81.9. The van der Waals surface area contributed by atoms with E-state index in [1.807, 2.05) is 21.1 Å². The maximum absolute atomic E-state index is 13.0. The zero-order valence-electron chi connectivity index (χ0n) is 70.0. The van der Waals surface area contributed by atoms with Crippen molar-refractivity contribution in [3.8, 4) is 0 Å². The van der Waals surface area contributed by atoms with Crippen molar-refractivity contribution in [2.24, 2.45) is 0 Å². The summed E-state index contributed by atoms with van der Waals surface area (Å²) in [7, 11) is 5.94. The van der Waals surface area contributed by atoms with Crippen molar-refractivity contribution in [1.29, 1.82) is 0 Å². The lowest BCUT2D eigenvalue weighted by molar-refractivity contribution is -0.870. The molecule has 2 unspecified atom stereocenters. The van der Waals surface area contributed by atoms with Gasteiger partial charge in [-0.2, -0.15) is 0 Å². The second kappa shape index (κ2) is 86.2. The van der Waals surface area contributed by atoms with Gasteiger partial charge in [-0.3, -0.25) is 9.59 Å². The first-order valence-corrected chi connectivity index (χ1v) is 44.3. The van der Waals surface area contributed by atoms with E-state index in [-0.39, 0.29) is 38.6 Å². The molecule has 9 nitrogen and oxygen atoms in total. The molecule has 610 valence electrons. The number of carboxylic acids is 1. The molecule has 0 aromatic carbocycles. The molecule has 0 heterocycles. The standard InChI is InChI=1S/C98H165NO8/c1-6-8-10-12-14-16-18-20-22-24-26-28-30-32-34-36-38-40-42-44-46-48-50-52-54-56-58-60-62-64-66-68-70-72-74-76-78-80-82-84-86-88-95(100)105-92-94(93-106-98(97(102)103)104-91-90-99(3,4)5)107-96(101)89-87-85-83-81-79-77-75-73-71-69-67-65-63-61-59-57-55-53-51-49-47-45-43-41-39-37-35-33-31-29-27-25-23-21-19-17-15-13-11-9-7-2/h8-11,14-17,20-23,26-29,32-35,39,41,45,47,51,53,57,59,94,98H,6-7,12-13,18-19,24-25,30-31,36-38,40,42-44,46,48-50,52,54-56,58,60-93H2,1-5H3/b10-8-,11-9-,16-14-,17-15-,22-20-,23-21-,28-26-,29-27-,34-32-,35-33-,41-39-,47-45-,53-51-,59-57-. The first kappa shape index (κ1) is 102. The van der Waals surface area contributed by atoms with Crippen LogP contribution in [0.4, 0.5) is 0 Å². The number of carbonyl (C=O) groups is 3. The lowest BCUT2D eigenvalue weighted by atomic mass is 10.0. The molecule has 0 aliphatic heterocycles. The Bertz CT molecular complexity index is 2380. The Morgan fingerprint density at radius 1 is 0.280 bits per heavy atom. The van der Waals surface area contributed by atoms with Crippen LogP contribution in [0.3, 0.4) is 0 Å². The molecule has 0 radical (unpaired) electrons. The summed E-state index contributed by atoms with van der Waals surface area (Å²) < 4.78 is 22.9. The van der Waals surface area contributed by atoms with Gasteiger partial charge in [0.15, 0.2) is 12.4 Å². The predicted octanol–water partition coefficient (Wildman–Crippen LogP) is 27.9. The van der Waals surface area contributed by atoms with Crippen LogP contribution in [-0.4, -0.2) is 82.3 Å². The third-order valence-electron chi connectivity index (χ3n) is 19.0. The molecule has 0 N–H and O–H groups in total. The summed E-state index contributed by atoms with van der Waals surface area (Å²) in [6.45, 7) is 4.55. The fourth-order valence-corrected chi connectivity index (χ4v) is 12.3. The van der Waals surface area contributed by atoms with Crippen LogP contribution in [0.1, 0.15) is 373 Å². The quantitative estimate of drug-likeness (QED) is 0.0195. The molecule has 0 rings (SSSR count). The summed E-state index contributed by atoms with van der Waals surface area (Å²) in [6.07, 6.45) is 126. The molecule has 0 fully saturated rings. The SMILES string of the molecule is CC/C=C\C/C=C\C/C=C\C/C=C\C/C=C\C/C=C\C/C=C\C/C=C\C/C=C\CCCCCCCCCCCCCCCC(=O)OC(COC(=O)CCCCCCCCCCCCCCCCCCCCCCCCCCC/C=C\C/C=C\C/C=C\C/C=C\C/C=C\CC)COC(OCC[N+](C)(C)C)C(=O)[O-].